The fourth-order valence-corrected chi connectivity index (χ4v) is 1.47. The maximum Gasteiger partial charge on any atom is 0.437 e. The first kappa shape index (κ1) is 14.0. The summed E-state index contributed by atoms with van der Waals surface area (Å²) < 4.78 is 68.8. The van der Waals surface area contributed by atoms with E-state index in [1.165, 1.54) is 0 Å². The Morgan fingerprint density at radius 1 is 1.20 bits per heavy atom. The fourth-order valence-electron chi connectivity index (χ4n) is 1.47. The summed E-state index contributed by atoms with van der Waals surface area (Å²) in [6, 6.07) is 2.53. The van der Waals surface area contributed by atoms with E-state index in [4.69, 9.17) is 5.11 Å². The Labute approximate surface area is 107 Å². The van der Waals surface area contributed by atoms with Crippen LogP contribution in [0.4, 0.5) is 22.0 Å². The van der Waals surface area contributed by atoms with E-state index in [1.54, 1.807) is 0 Å². The van der Waals surface area contributed by atoms with Crippen molar-refractivity contribution in [1.29, 1.82) is 0 Å². The molecule has 0 aliphatic carbocycles. The van der Waals surface area contributed by atoms with E-state index in [1.807, 2.05) is 0 Å². The number of hydrogen-bond acceptors (Lipinski definition) is 3. The van der Waals surface area contributed by atoms with E-state index in [0.29, 0.717) is 0 Å². The standard InChI is InChI=1S/C11H4F5NO3/c12-4-2-1-3-5(13)6(4)9-17-8(11(14,15)16)7(20-9)10(18)19/h1-3H,(H,18,19). The lowest BCUT2D eigenvalue weighted by Crippen LogP contribution is -2.11. The molecule has 20 heavy (non-hydrogen) atoms. The van der Waals surface area contributed by atoms with E-state index >= 15 is 0 Å². The molecule has 0 aliphatic rings. The van der Waals surface area contributed by atoms with Crippen LogP contribution in [0.1, 0.15) is 16.2 Å². The number of carboxylic acid groups (broad SMARTS) is 1. The van der Waals surface area contributed by atoms with Crippen LogP contribution >= 0.6 is 0 Å². The lowest BCUT2D eigenvalue weighted by molar-refractivity contribution is -0.141. The minimum absolute atomic E-state index is 0.774. The Morgan fingerprint density at radius 3 is 2.15 bits per heavy atom. The molecule has 0 fully saturated rings. The Bertz CT molecular complexity index is 657. The highest BCUT2D eigenvalue weighted by atomic mass is 19.4. The van der Waals surface area contributed by atoms with Gasteiger partial charge in [-0.3, -0.25) is 0 Å². The molecule has 9 heteroatoms. The highest BCUT2D eigenvalue weighted by Gasteiger charge is 2.41. The highest BCUT2D eigenvalue weighted by molar-refractivity contribution is 5.86. The number of carbonyl (C=O) groups is 1. The summed E-state index contributed by atoms with van der Waals surface area (Å²) in [6.07, 6.45) is -5.13. The molecular formula is C11H4F5NO3. The van der Waals surface area contributed by atoms with Crippen molar-refractivity contribution in [3.8, 4) is 11.5 Å². The molecule has 0 saturated heterocycles. The van der Waals surface area contributed by atoms with Crippen molar-refractivity contribution in [3.05, 3.63) is 41.3 Å². The zero-order chi connectivity index (χ0) is 15.1. The van der Waals surface area contributed by atoms with Gasteiger partial charge in [-0.05, 0) is 12.1 Å². The molecule has 2 aromatic rings. The second-order valence-corrected chi connectivity index (χ2v) is 3.60. The van der Waals surface area contributed by atoms with Crippen LogP contribution in [-0.2, 0) is 6.18 Å². The molecule has 0 aliphatic heterocycles. The lowest BCUT2D eigenvalue weighted by Gasteiger charge is -2.01. The Hall–Kier alpha value is -2.45. The summed E-state index contributed by atoms with van der Waals surface area (Å²) in [5, 5.41) is 8.61. The van der Waals surface area contributed by atoms with Crippen molar-refractivity contribution in [1.82, 2.24) is 4.98 Å². The molecule has 2 rings (SSSR count). The average Bonchev–Trinajstić information content (AvgIpc) is 2.73. The topological polar surface area (TPSA) is 63.3 Å². The fraction of sp³-hybridized carbons (Fsp3) is 0.0909. The van der Waals surface area contributed by atoms with Crippen LogP contribution in [0.2, 0.25) is 0 Å². The molecule has 1 N–H and O–H groups in total. The maximum atomic E-state index is 13.4. The Kier molecular flexibility index (Phi) is 3.20. The zero-order valence-electron chi connectivity index (χ0n) is 9.33. The van der Waals surface area contributed by atoms with E-state index < -0.39 is 46.7 Å². The summed E-state index contributed by atoms with van der Waals surface area (Å²) in [5.74, 6) is -7.12. The van der Waals surface area contributed by atoms with Gasteiger partial charge in [0.05, 0.1) is 0 Å². The van der Waals surface area contributed by atoms with Crippen molar-refractivity contribution >= 4 is 5.97 Å². The van der Waals surface area contributed by atoms with Crippen LogP contribution in [0, 0.1) is 11.6 Å². The number of halogens is 5. The van der Waals surface area contributed by atoms with Crippen molar-refractivity contribution in [3.63, 3.8) is 0 Å². The van der Waals surface area contributed by atoms with Gasteiger partial charge in [0.2, 0.25) is 11.7 Å². The van der Waals surface area contributed by atoms with Crippen LogP contribution < -0.4 is 0 Å². The summed E-state index contributed by atoms with van der Waals surface area (Å²) in [6.45, 7) is 0. The molecular weight excluding hydrogens is 289 g/mol. The number of rotatable bonds is 2. The summed E-state index contributed by atoms with van der Waals surface area (Å²) in [5.41, 5.74) is -2.83. The third-order valence-electron chi connectivity index (χ3n) is 2.27. The molecule has 1 aromatic carbocycles. The van der Waals surface area contributed by atoms with Crippen LogP contribution in [0.15, 0.2) is 22.6 Å². The van der Waals surface area contributed by atoms with E-state index in [2.05, 4.69) is 9.40 Å². The summed E-state index contributed by atoms with van der Waals surface area (Å²) in [7, 11) is 0. The van der Waals surface area contributed by atoms with Gasteiger partial charge >= 0.3 is 12.1 Å². The second-order valence-electron chi connectivity index (χ2n) is 3.60. The maximum absolute atomic E-state index is 13.4. The summed E-state index contributed by atoms with van der Waals surface area (Å²) in [4.78, 5) is 13.5. The van der Waals surface area contributed by atoms with Crippen LogP contribution in [0.5, 0.6) is 0 Å². The zero-order valence-corrected chi connectivity index (χ0v) is 9.33. The van der Waals surface area contributed by atoms with Gasteiger partial charge in [-0.25, -0.2) is 18.6 Å². The molecule has 1 aromatic heterocycles. The molecule has 0 amide bonds. The van der Waals surface area contributed by atoms with Crippen molar-refractivity contribution in [2.45, 2.75) is 6.18 Å². The number of oxazole rings is 1. The van der Waals surface area contributed by atoms with Gasteiger partial charge in [-0.2, -0.15) is 13.2 Å². The van der Waals surface area contributed by atoms with Gasteiger partial charge in [0.15, 0.2) is 5.69 Å². The average molecular weight is 293 g/mol. The number of aromatic nitrogens is 1. The molecule has 1 heterocycles. The van der Waals surface area contributed by atoms with Gasteiger partial charge < -0.3 is 9.52 Å². The first-order chi connectivity index (χ1) is 9.21. The number of benzene rings is 1. The number of nitrogens with zero attached hydrogens (tertiary/aromatic N) is 1. The Morgan fingerprint density at radius 2 is 1.75 bits per heavy atom. The molecule has 4 nitrogen and oxygen atoms in total. The molecule has 0 unspecified atom stereocenters. The van der Waals surface area contributed by atoms with Gasteiger partial charge in [-0.1, -0.05) is 6.07 Å². The first-order valence-electron chi connectivity index (χ1n) is 4.97. The largest absolute Gasteiger partial charge is 0.475 e. The van der Waals surface area contributed by atoms with E-state index in [-0.39, 0.29) is 0 Å². The van der Waals surface area contributed by atoms with Gasteiger partial charge in [0.25, 0.3) is 0 Å². The van der Waals surface area contributed by atoms with Crippen LogP contribution in [0.25, 0.3) is 11.5 Å². The minimum Gasteiger partial charge on any atom is -0.475 e. The van der Waals surface area contributed by atoms with Crippen LogP contribution in [0.3, 0.4) is 0 Å². The highest BCUT2D eigenvalue weighted by Crippen LogP contribution is 2.35. The molecule has 0 saturated carbocycles. The summed E-state index contributed by atoms with van der Waals surface area (Å²) >= 11 is 0. The van der Waals surface area contributed by atoms with E-state index in [0.717, 1.165) is 18.2 Å². The molecule has 0 atom stereocenters. The molecule has 0 bridgehead atoms. The smallest absolute Gasteiger partial charge is 0.437 e. The van der Waals surface area contributed by atoms with E-state index in [9.17, 15) is 26.7 Å². The van der Waals surface area contributed by atoms with Crippen molar-refractivity contribution in [2.75, 3.05) is 0 Å². The quantitative estimate of drug-likeness (QED) is 0.863. The molecule has 106 valence electrons. The third-order valence-corrected chi connectivity index (χ3v) is 2.27. The van der Waals surface area contributed by atoms with Crippen molar-refractivity contribution < 1.29 is 36.3 Å². The number of carboxylic acids is 1. The van der Waals surface area contributed by atoms with Gasteiger partial charge in [-0.15, -0.1) is 0 Å². The number of alkyl halides is 3. The number of hydrogen-bond donors (Lipinski definition) is 1. The van der Waals surface area contributed by atoms with Gasteiger partial charge in [0.1, 0.15) is 17.2 Å². The SMILES string of the molecule is O=C(O)c1oc(-c2c(F)cccc2F)nc1C(F)(F)F. The van der Waals surface area contributed by atoms with Crippen LogP contribution in [-0.4, -0.2) is 16.1 Å². The second kappa shape index (κ2) is 4.58. The first-order valence-corrected chi connectivity index (χ1v) is 4.97. The third kappa shape index (κ3) is 2.33. The Balaban J connectivity index is 2.69. The molecule has 0 spiro atoms. The lowest BCUT2D eigenvalue weighted by atomic mass is 10.2. The predicted molar refractivity (Wildman–Crippen MR) is 53.8 cm³/mol. The van der Waals surface area contributed by atoms with Gasteiger partial charge in [0, 0.05) is 0 Å². The monoisotopic (exact) mass is 293 g/mol. The predicted octanol–water partition coefficient (Wildman–Crippen LogP) is 3.34. The minimum atomic E-state index is -5.13. The number of aromatic carboxylic acids is 1. The van der Waals surface area contributed by atoms with Crippen molar-refractivity contribution in [2.24, 2.45) is 0 Å². The molecule has 0 radical (unpaired) electrons. The normalized spacial score (nSPS) is 11.7.